The van der Waals surface area contributed by atoms with Gasteiger partial charge in [-0.3, -0.25) is 49.1 Å². The molecule has 10 nitrogen and oxygen atoms in total. The summed E-state index contributed by atoms with van der Waals surface area (Å²) in [7, 11) is 0. The molecule has 9 rings (SSSR count). The second kappa shape index (κ2) is 19.8. The molecule has 11 heteroatoms. The molecule has 3 heterocycles. The van der Waals surface area contributed by atoms with Crippen LogP contribution in [-0.2, 0) is 27.5 Å². The van der Waals surface area contributed by atoms with Crippen molar-refractivity contribution in [2.45, 2.75) is 128 Å². The van der Waals surface area contributed by atoms with Crippen molar-refractivity contribution in [2.75, 3.05) is 0 Å². The number of unbranched alkanes of at least 4 members (excludes halogenated alkanes) is 2. The van der Waals surface area contributed by atoms with Crippen molar-refractivity contribution >= 4 is 58.8 Å². The molecule has 1 N–H and O–H groups in total. The minimum atomic E-state index is -0.513. The number of rotatable bonds is 14. The third kappa shape index (κ3) is 9.46. The van der Waals surface area contributed by atoms with Gasteiger partial charge in [0.25, 0.3) is 23.0 Å². The third-order valence-electron chi connectivity index (χ3n) is 13.2. The van der Waals surface area contributed by atoms with Gasteiger partial charge in [-0.05, 0) is 95.3 Å². The van der Waals surface area contributed by atoms with Gasteiger partial charge in [0.15, 0.2) is 6.29 Å². The molecule has 4 aromatic rings. The quantitative estimate of drug-likeness (QED) is 0.0992. The molecule has 4 aromatic carbocycles. The zero-order valence-electron chi connectivity index (χ0n) is 36.9. The molecule has 2 saturated carbocycles. The van der Waals surface area contributed by atoms with Crippen molar-refractivity contribution in [3.63, 3.8) is 0 Å². The van der Waals surface area contributed by atoms with E-state index in [-0.39, 0.29) is 23.0 Å². The molecule has 0 radical (unpaired) electrons. The Morgan fingerprint density at radius 2 is 1.05 bits per heavy atom. The largest absolute Gasteiger partial charge is 0.298 e. The van der Waals surface area contributed by atoms with E-state index in [2.05, 4.69) is 55.6 Å². The maximum Gasteiger partial charge on any atom is 0.290 e. The van der Waals surface area contributed by atoms with Crippen LogP contribution in [0.2, 0.25) is 0 Å². The van der Waals surface area contributed by atoms with Crippen LogP contribution in [0.25, 0.3) is 28.3 Å². The van der Waals surface area contributed by atoms with Crippen LogP contribution in [0.4, 0.5) is 4.79 Å². The molecule has 0 unspecified atom stereocenters. The number of carbonyl (C=O) groups excluding carboxylic acids is 5. The molecular weight excluding hydrogens is 819 g/mol. The molecule has 2 spiro atoms. The summed E-state index contributed by atoms with van der Waals surface area (Å²) in [6, 6.07) is 31.8. The summed E-state index contributed by atoms with van der Waals surface area (Å²) in [4.78, 5) is 75.7. The van der Waals surface area contributed by atoms with Gasteiger partial charge in [0.1, 0.15) is 22.7 Å². The smallest absolute Gasteiger partial charge is 0.290 e. The van der Waals surface area contributed by atoms with Crippen LogP contribution < -0.4 is 5.32 Å². The highest BCUT2D eigenvalue weighted by atomic mass is 32.2. The first-order valence-electron chi connectivity index (χ1n) is 23.0. The SMILES string of the molecule is CCCCC1=NC2(CCCC2)C(=O)N1Cc1ccc(-c2ccccc2/C=C2/SC(=O)NC2=O)cc1.CCCCC1=NC2(CCCC2)C(=O)N1Cc1ccc(-c2ccccc2C=O)cc1. The maximum absolute atomic E-state index is 13.4. The predicted molar refractivity (Wildman–Crippen MR) is 256 cm³/mol. The number of nitrogens with zero attached hydrogens (tertiary/aromatic N) is 4. The van der Waals surface area contributed by atoms with Gasteiger partial charge in [-0.15, -0.1) is 0 Å². The van der Waals surface area contributed by atoms with Crippen LogP contribution in [-0.4, -0.2) is 61.8 Å². The van der Waals surface area contributed by atoms with E-state index >= 15 is 0 Å². The fraction of sp³-hybridized carbons (Fsp3) is 0.377. The number of hydrogen-bond donors (Lipinski definition) is 1. The van der Waals surface area contributed by atoms with Gasteiger partial charge in [0.2, 0.25) is 0 Å². The lowest BCUT2D eigenvalue weighted by molar-refractivity contribution is -0.132. The number of hydrogen-bond acceptors (Lipinski definition) is 8. The first kappa shape index (κ1) is 44.7. The second-order valence-electron chi connectivity index (χ2n) is 17.6. The van der Waals surface area contributed by atoms with E-state index < -0.39 is 11.1 Å². The molecule has 4 amide bonds. The molecule has 330 valence electrons. The highest BCUT2D eigenvalue weighted by molar-refractivity contribution is 8.18. The van der Waals surface area contributed by atoms with Gasteiger partial charge in [-0.2, -0.15) is 0 Å². The summed E-state index contributed by atoms with van der Waals surface area (Å²) in [5.74, 6) is 1.91. The van der Waals surface area contributed by atoms with Crippen LogP contribution >= 0.6 is 11.8 Å². The van der Waals surface area contributed by atoms with E-state index in [0.29, 0.717) is 23.6 Å². The highest BCUT2D eigenvalue weighted by Crippen LogP contribution is 2.42. The average Bonchev–Trinajstić information content (AvgIpc) is 4.16. The van der Waals surface area contributed by atoms with Gasteiger partial charge in [0, 0.05) is 18.4 Å². The zero-order valence-corrected chi connectivity index (χ0v) is 37.8. The number of nitrogens with one attached hydrogen (secondary N) is 1. The predicted octanol–water partition coefficient (Wildman–Crippen LogP) is 11.3. The number of aliphatic imine (C=N–C) groups is 2. The Kier molecular flexibility index (Phi) is 13.8. The van der Waals surface area contributed by atoms with E-state index in [9.17, 15) is 24.0 Å². The number of amidine groups is 2. The van der Waals surface area contributed by atoms with Crippen LogP contribution in [0.15, 0.2) is 112 Å². The Bertz CT molecular complexity index is 2500. The summed E-state index contributed by atoms with van der Waals surface area (Å²) in [5.41, 5.74) is 6.65. The fourth-order valence-corrected chi connectivity index (χ4v) is 10.3. The standard InChI is InChI=1S/C28H29N3O3S.C25H28N2O2/c1-2-3-10-24-30-28(15-6-7-16-28)26(33)31(24)18-19-11-13-20(14-12-19)22-9-5-4-8-21(22)17-23-25(32)29-27(34)35-23;1-2-3-10-23-26-25(15-6-7-16-25)24(29)27(23)17-19-11-13-20(14-12-19)22-9-5-4-8-21(22)18-28/h4-5,8-9,11-14,17H,2-3,6-7,10,15-16,18H2,1H3,(H,29,32,34);4-5,8-9,11-14,18H,2-3,6-7,10,15-17H2,1H3/b23-17+;. The Morgan fingerprint density at radius 3 is 1.47 bits per heavy atom. The van der Waals surface area contributed by atoms with Crippen molar-refractivity contribution in [3.05, 3.63) is 124 Å². The molecule has 64 heavy (non-hydrogen) atoms. The van der Waals surface area contributed by atoms with Crippen molar-refractivity contribution in [1.82, 2.24) is 15.1 Å². The lowest BCUT2D eigenvalue weighted by atomic mass is 9.97. The second-order valence-corrected chi connectivity index (χ2v) is 18.6. The van der Waals surface area contributed by atoms with Crippen LogP contribution in [0.3, 0.4) is 0 Å². The van der Waals surface area contributed by atoms with E-state index in [1.165, 1.54) is 0 Å². The molecule has 3 fully saturated rings. The molecule has 0 aromatic heterocycles. The number of carbonyl (C=O) groups is 5. The first-order chi connectivity index (χ1) is 31.2. The molecule has 1 saturated heterocycles. The van der Waals surface area contributed by atoms with Crippen molar-refractivity contribution in [1.29, 1.82) is 0 Å². The van der Waals surface area contributed by atoms with E-state index in [1.54, 1.807) is 6.08 Å². The van der Waals surface area contributed by atoms with Gasteiger partial charge < -0.3 is 0 Å². The highest BCUT2D eigenvalue weighted by Gasteiger charge is 2.50. The summed E-state index contributed by atoms with van der Waals surface area (Å²) >= 11 is 0.919. The molecule has 2 aliphatic carbocycles. The Labute approximate surface area is 380 Å². The minimum absolute atomic E-state index is 0.170. The summed E-state index contributed by atoms with van der Waals surface area (Å²) in [6.45, 7) is 5.44. The van der Waals surface area contributed by atoms with Crippen LogP contribution in [0.1, 0.15) is 131 Å². The lowest BCUT2D eigenvalue weighted by Gasteiger charge is -2.23. The Hall–Kier alpha value is -5.94. The maximum atomic E-state index is 13.4. The number of thioether (sulfide) groups is 1. The summed E-state index contributed by atoms with van der Waals surface area (Å²) in [6.07, 6.45) is 16.5. The molecule has 3 aliphatic heterocycles. The first-order valence-corrected chi connectivity index (χ1v) is 23.9. The van der Waals surface area contributed by atoms with E-state index in [0.717, 1.165) is 159 Å². The van der Waals surface area contributed by atoms with E-state index in [4.69, 9.17) is 9.98 Å². The lowest BCUT2D eigenvalue weighted by Crippen LogP contribution is -2.40. The summed E-state index contributed by atoms with van der Waals surface area (Å²) < 4.78 is 0. The zero-order chi connectivity index (χ0) is 44.7. The van der Waals surface area contributed by atoms with Crippen LogP contribution in [0.5, 0.6) is 0 Å². The molecule has 0 bridgehead atoms. The number of benzene rings is 4. The van der Waals surface area contributed by atoms with Gasteiger partial charge in [0.05, 0.1) is 18.0 Å². The monoisotopic (exact) mass is 875 g/mol. The van der Waals surface area contributed by atoms with Crippen molar-refractivity contribution < 1.29 is 24.0 Å². The number of aldehydes is 1. The normalized spacial score (nSPS) is 19.1. The van der Waals surface area contributed by atoms with Crippen LogP contribution in [0, 0.1) is 0 Å². The van der Waals surface area contributed by atoms with Gasteiger partial charge >= 0.3 is 0 Å². The van der Waals surface area contributed by atoms with E-state index in [1.807, 2.05) is 70.5 Å². The Balaban J connectivity index is 0.000000178. The Morgan fingerprint density at radius 1 is 0.609 bits per heavy atom. The van der Waals surface area contributed by atoms with Gasteiger partial charge in [-0.25, -0.2) is 0 Å². The number of imide groups is 1. The molecule has 5 aliphatic rings. The number of amides is 4. The fourth-order valence-electron chi connectivity index (χ4n) is 9.65. The van der Waals surface area contributed by atoms with Gasteiger partial charge in [-0.1, -0.05) is 149 Å². The average molecular weight is 876 g/mol. The van der Waals surface area contributed by atoms with Crippen molar-refractivity contribution in [3.8, 4) is 22.3 Å². The van der Waals surface area contributed by atoms with Crippen molar-refractivity contribution in [2.24, 2.45) is 9.98 Å². The molecular formula is C53H57N5O5S. The minimum Gasteiger partial charge on any atom is -0.298 e. The topological polar surface area (TPSA) is 129 Å². The molecule has 0 atom stereocenters. The third-order valence-corrected chi connectivity index (χ3v) is 14.0. The summed E-state index contributed by atoms with van der Waals surface area (Å²) in [5, 5.41) is 1.95.